The second-order valence-corrected chi connectivity index (χ2v) is 4.21. The molecule has 1 atom stereocenters. The van der Waals surface area contributed by atoms with Gasteiger partial charge in [0.05, 0.1) is 23.7 Å². The van der Waals surface area contributed by atoms with Gasteiger partial charge in [-0.15, -0.1) is 11.3 Å². The average molecular weight is 226 g/mol. The fourth-order valence-corrected chi connectivity index (χ4v) is 2.15. The molecule has 1 aliphatic rings. The molecule has 1 unspecified atom stereocenters. The largest absolute Gasteiger partial charge is 0.481 e. The topological polar surface area (TPSA) is 70.5 Å². The zero-order chi connectivity index (χ0) is 10.8. The van der Waals surface area contributed by atoms with Crippen molar-refractivity contribution in [3.05, 3.63) is 16.6 Å². The van der Waals surface area contributed by atoms with Crippen LogP contribution in [-0.2, 0) is 16.1 Å². The molecule has 2 rings (SSSR count). The summed E-state index contributed by atoms with van der Waals surface area (Å²) in [7, 11) is 0. The first kappa shape index (κ1) is 10.1. The predicted octanol–water partition coefficient (Wildman–Crippen LogP) is 0.576. The van der Waals surface area contributed by atoms with E-state index in [0.29, 0.717) is 13.1 Å². The van der Waals surface area contributed by atoms with Crippen LogP contribution in [0.4, 0.5) is 0 Å². The first-order valence-corrected chi connectivity index (χ1v) is 5.48. The molecule has 1 N–H and O–H groups in total. The van der Waals surface area contributed by atoms with Crippen LogP contribution in [0.15, 0.2) is 10.9 Å². The Bertz CT molecular complexity index is 377. The molecule has 0 saturated carbocycles. The third-order valence-corrected chi connectivity index (χ3v) is 3.04. The lowest BCUT2D eigenvalue weighted by Crippen LogP contribution is -2.25. The summed E-state index contributed by atoms with van der Waals surface area (Å²) in [5.74, 6) is -1.56. The van der Waals surface area contributed by atoms with Crippen molar-refractivity contribution in [2.75, 3.05) is 6.54 Å². The zero-order valence-corrected chi connectivity index (χ0v) is 8.74. The fourth-order valence-electron chi connectivity index (χ4n) is 1.60. The summed E-state index contributed by atoms with van der Waals surface area (Å²) >= 11 is 1.47. The number of carbonyl (C=O) groups excluding carboxylic acids is 1. The molecule has 1 fully saturated rings. The fraction of sp³-hybridized carbons (Fsp3) is 0.444. The molecule has 6 heteroatoms. The molecule has 1 saturated heterocycles. The van der Waals surface area contributed by atoms with Crippen molar-refractivity contribution in [3.63, 3.8) is 0 Å². The molecule has 2 heterocycles. The molecule has 0 spiro atoms. The van der Waals surface area contributed by atoms with Crippen LogP contribution in [0.2, 0.25) is 0 Å². The maximum absolute atomic E-state index is 11.5. The minimum absolute atomic E-state index is 0.101. The standard InChI is InChI=1S/C9H10N2O3S/c12-8-1-6(9(13)14)2-11(8)3-7-4-15-5-10-7/h4-6H,1-3H2,(H,13,14). The number of carboxylic acids is 1. The Kier molecular flexibility index (Phi) is 2.68. The van der Waals surface area contributed by atoms with E-state index in [-0.39, 0.29) is 12.3 Å². The van der Waals surface area contributed by atoms with Gasteiger partial charge in [-0.25, -0.2) is 4.98 Å². The summed E-state index contributed by atoms with van der Waals surface area (Å²) in [6.45, 7) is 0.720. The number of aromatic nitrogens is 1. The minimum atomic E-state index is -0.899. The van der Waals surface area contributed by atoms with Gasteiger partial charge in [-0.3, -0.25) is 9.59 Å². The third-order valence-electron chi connectivity index (χ3n) is 2.40. The molecular weight excluding hydrogens is 216 g/mol. The van der Waals surface area contributed by atoms with E-state index in [1.54, 1.807) is 10.4 Å². The second kappa shape index (κ2) is 3.98. The van der Waals surface area contributed by atoms with E-state index in [2.05, 4.69) is 4.98 Å². The van der Waals surface area contributed by atoms with E-state index in [4.69, 9.17) is 5.11 Å². The Balaban J connectivity index is 2.00. The second-order valence-electron chi connectivity index (χ2n) is 3.49. The molecule has 1 aromatic heterocycles. The lowest BCUT2D eigenvalue weighted by Gasteiger charge is -2.13. The van der Waals surface area contributed by atoms with Crippen molar-refractivity contribution >= 4 is 23.2 Å². The van der Waals surface area contributed by atoms with Gasteiger partial charge in [0.1, 0.15) is 0 Å². The molecule has 80 valence electrons. The van der Waals surface area contributed by atoms with Crippen LogP contribution in [0.5, 0.6) is 0 Å². The predicted molar refractivity (Wildman–Crippen MR) is 53.3 cm³/mol. The van der Waals surface area contributed by atoms with Crippen LogP contribution in [0.25, 0.3) is 0 Å². The summed E-state index contributed by atoms with van der Waals surface area (Å²) in [5, 5.41) is 10.6. The highest BCUT2D eigenvalue weighted by Crippen LogP contribution is 2.20. The van der Waals surface area contributed by atoms with E-state index in [9.17, 15) is 9.59 Å². The van der Waals surface area contributed by atoms with Gasteiger partial charge in [0.15, 0.2) is 0 Å². The lowest BCUT2D eigenvalue weighted by molar-refractivity contribution is -0.141. The number of rotatable bonds is 3. The van der Waals surface area contributed by atoms with Crippen LogP contribution < -0.4 is 0 Å². The smallest absolute Gasteiger partial charge is 0.308 e. The maximum Gasteiger partial charge on any atom is 0.308 e. The quantitative estimate of drug-likeness (QED) is 0.818. The van der Waals surface area contributed by atoms with Gasteiger partial charge in [-0.1, -0.05) is 0 Å². The van der Waals surface area contributed by atoms with Gasteiger partial charge in [0, 0.05) is 18.3 Å². The summed E-state index contributed by atoms with van der Waals surface area (Å²) in [5.41, 5.74) is 2.52. The van der Waals surface area contributed by atoms with Crippen LogP contribution >= 0.6 is 11.3 Å². The van der Waals surface area contributed by atoms with E-state index in [1.807, 2.05) is 5.38 Å². The number of likely N-dealkylation sites (tertiary alicyclic amines) is 1. The van der Waals surface area contributed by atoms with E-state index in [1.165, 1.54) is 11.3 Å². The molecule has 1 aliphatic heterocycles. The molecule has 0 aliphatic carbocycles. The van der Waals surface area contributed by atoms with Gasteiger partial charge in [0.25, 0.3) is 0 Å². The highest BCUT2D eigenvalue weighted by Gasteiger charge is 2.34. The Morgan fingerprint density at radius 1 is 1.73 bits per heavy atom. The molecule has 15 heavy (non-hydrogen) atoms. The van der Waals surface area contributed by atoms with Gasteiger partial charge < -0.3 is 10.0 Å². The number of hydrogen-bond acceptors (Lipinski definition) is 4. The minimum Gasteiger partial charge on any atom is -0.481 e. The number of hydrogen-bond donors (Lipinski definition) is 1. The number of carboxylic acid groups (broad SMARTS) is 1. The van der Waals surface area contributed by atoms with Gasteiger partial charge >= 0.3 is 5.97 Å². The molecule has 5 nitrogen and oxygen atoms in total. The van der Waals surface area contributed by atoms with Gasteiger partial charge in [0.2, 0.25) is 5.91 Å². The van der Waals surface area contributed by atoms with Crippen LogP contribution in [-0.4, -0.2) is 33.4 Å². The van der Waals surface area contributed by atoms with Crippen molar-refractivity contribution in [2.45, 2.75) is 13.0 Å². The number of nitrogens with zero attached hydrogens (tertiary/aromatic N) is 2. The molecule has 0 bridgehead atoms. The SMILES string of the molecule is O=C(O)C1CC(=O)N(Cc2cscn2)C1. The summed E-state index contributed by atoms with van der Waals surface area (Å²) in [6, 6.07) is 0. The van der Waals surface area contributed by atoms with Crippen molar-refractivity contribution in [3.8, 4) is 0 Å². The molecule has 1 amide bonds. The molecular formula is C9H10N2O3S. The average Bonchev–Trinajstić information content (AvgIpc) is 2.77. The number of amides is 1. The first-order valence-electron chi connectivity index (χ1n) is 4.54. The number of thiazole rings is 1. The van der Waals surface area contributed by atoms with Crippen molar-refractivity contribution in [2.24, 2.45) is 5.92 Å². The summed E-state index contributed by atoms with van der Waals surface area (Å²) < 4.78 is 0. The zero-order valence-electron chi connectivity index (χ0n) is 7.92. The summed E-state index contributed by atoms with van der Waals surface area (Å²) in [4.78, 5) is 27.8. The molecule has 0 aromatic carbocycles. The summed E-state index contributed by atoms with van der Waals surface area (Å²) in [6.07, 6.45) is 0.111. The Morgan fingerprint density at radius 3 is 3.07 bits per heavy atom. The first-order chi connectivity index (χ1) is 7.16. The Labute approximate surface area is 90.4 Å². The third kappa shape index (κ3) is 2.15. The highest BCUT2D eigenvalue weighted by atomic mass is 32.1. The van der Waals surface area contributed by atoms with Crippen molar-refractivity contribution in [1.29, 1.82) is 0 Å². The van der Waals surface area contributed by atoms with Gasteiger partial charge in [-0.05, 0) is 0 Å². The Morgan fingerprint density at radius 2 is 2.53 bits per heavy atom. The normalized spacial score (nSPS) is 20.9. The van der Waals surface area contributed by atoms with Crippen LogP contribution in [0, 0.1) is 5.92 Å². The molecule has 0 radical (unpaired) electrons. The van der Waals surface area contributed by atoms with Crippen molar-refractivity contribution in [1.82, 2.24) is 9.88 Å². The number of aliphatic carboxylic acids is 1. The van der Waals surface area contributed by atoms with Crippen LogP contribution in [0.3, 0.4) is 0 Å². The van der Waals surface area contributed by atoms with E-state index in [0.717, 1.165) is 5.69 Å². The maximum atomic E-state index is 11.5. The lowest BCUT2D eigenvalue weighted by atomic mass is 10.1. The monoisotopic (exact) mass is 226 g/mol. The van der Waals surface area contributed by atoms with Gasteiger partial charge in [-0.2, -0.15) is 0 Å². The van der Waals surface area contributed by atoms with E-state index >= 15 is 0 Å². The van der Waals surface area contributed by atoms with Crippen molar-refractivity contribution < 1.29 is 14.7 Å². The number of carbonyl (C=O) groups is 2. The molecule has 1 aromatic rings. The van der Waals surface area contributed by atoms with Crippen LogP contribution in [0.1, 0.15) is 12.1 Å². The van der Waals surface area contributed by atoms with E-state index < -0.39 is 11.9 Å². The highest BCUT2D eigenvalue weighted by molar-refractivity contribution is 7.07. The Hall–Kier alpha value is -1.43.